The third-order valence-electron chi connectivity index (χ3n) is 4.50. The van der Waals surface area contributed by atoms with E-state index in [9.17, 15) is 4.79 Å². The number of likely N-dealkylation sites (N-methyl/N-ethyl adjacent to an activating group) is 1. The number of aromatic nitrogens is 2. The molecule has 126 valence electrons. The van der Waals surface area contributed by atoms with Crippen LogP contribution in [0.5, 0.6) is 0 Å². The second-order valence-corrected chi connectivity index (χ2v) is 6.32. The molecule has 7 heteroatoms. The van der Waals surface area contributed by atoms with E-state index in [1.165, 1.54) is 6.20 Å². The average Bonchev–Trinajstić information content (AvgIpc) is 2.98. The summed E-state index contributed by atoms with van der Waals surface area (Å²) in [5, 5.41) is 7.53. The van der Waals surface area contributed by atoms with Crippen LogP contribution in [0.2, 0.25) is 0 Å². The fourth-order valence-corrected chi connectivity index (χ4v) is 3.32. The molecule has 0 radical (unpaired) electrons. The average molecular weight is 320 g/mol. The van der Waals surface area contributed by atoms with Gasteiger partial charge in [-0.3, -0.25) is 4.79 Å². The number of fused-ring (bicyclic) bond motifs is 1. The highest BCUT2D eigenvalue weighted by atomic mass is 16.5. The van der Waals surface area contributed by atoms with Crippen molar-refractivity contribution >= 4 is 5.91 Å². The summed E-state index contributed by atoms with van der Waals surface area (Å²) >= 11 is 0. The summed E-state index contributed by atoms with van der Waals surface area (Å²) in [6.07, 6.45) is 4.97. The van der Waals surface area contributed by atoms with Gasteiger partial charge in [0.1, 0.15) is 6.10 Å². The molecule has 1 saturated carbocycles. The first-order valence-corrected chi connectivity index (χ1v) is 8.12. The molecule has 0 unspecified atom stereocenters. The number of hydrogen-bond acceptors (Lipinski definition) is 6. The molecule has 0 bridgehead atoms. The van der Waals surface area contributed by atoms with Crippen LogP contribution in [-0.2, 0) is 9.47 Å². The molecule has 0 aromatic carbocycles. The molecule has 3 rings (SSSR count). The minimum atomic E-state index is -0.0235. The first-order valence-electron chi connectivity index (χ1n) is 8.12. The third kappa shape index (κ3) is 3.68. The lowest BCUT2D eigenvalue weighted by atomic mass is 10.1. The Morgan fingerprint density at radius 2 is 2.30 bits per heavy atom. The largest absolute Gasteiger partial charge is 0.374 e. The predicted octanol–water partition coefficient (Wildman–Crippen LogP) is 0.427. The summed E-state index contributed by atoms with van der Waals surface area (Å²) in [6.45, 7) is 2.75. The molecule has 2 fully saturated rings. The lowest BCUT2D eigenvalue weighted by Crippen LogP contribution is -2.54. The van der Waals surface area contributed by atoms with Crippen LogP contribution in [0, 0.1) is 0 Å². The van der Waals surface area contributed by atoms with Gasteiger partial charge in [0.25, 0.3) is 5.91 Å². The van der Waals surface area contributed by atoms with Crippen molar-refractivity contribution in [3.05, 3.63) is 24.0 Å². The fourth-order valence-electron chi connectivity index (χ4n) is 3.32. The van der Waals surface area contributed by atoms with Crippen molar-refractivity contribution in [2.45, 2.75) is 31.1 Å². The Kier molecular flexibility index (Phi) is 5.20. The van der Waals surface area contributed by atoms with Gasteiger partial charge >= 0.3 is 0 Å². The van der Waals surface area contributed by atoms with E-state index < -0.39 is 0 Å². The molecule has 23 heavy (non-hydrogen) atoms. The van der Waals surface area contributed by atoms with Crippen molar-refractivity contribution in [2.24, 2.45) is 0 Å². The molecule has 0 spiro atoms. The maximum Gasteiger partial charge on any atom is 0.255 e. The van der Waals surface area contributed by atoms with Crippen molar-refractivity contribution in [1.29, 1.82) is 0 Å². The summed E-state index contributed by atoms with van der Waals surface area (Å²) in [5.41, 5.74) is 0.581. The molecule has 1 aromatic heterocycles. The van der Waals surface area contributed by atoms with Crippen molar-refractivity contribution < 1.29 is 14.3 Å². The number of nitrogens with zero attached hydrogens (tertiary/aromatic N) is 4. The van der Waals surface area contributed by atoms with Crippen LogP contribution in [0.3, 0.4) is 0 Å². The van der Waals surface area contributed by atoms with E-state index in [0.717, 1.165) is 19.4 Å². The van der Waals surface area contributed by atoms with E-state index in [2.05, 4.69) is 15.1 Å². The molecule has 1 amide bonds. The Balaban J connectivity index is 1.63. The van der Waals surface area contributed by atoms with Gasteiger partial charge in [-0.15, -0.1) is 0 Å². The molecule has 7 nitrogen and oxygen atoms in total. The third-order valence-corrected chi connectivity index (χ3v) is 4.50. The van der Waals surface area contributed by atoms with E-state index in [1.807, 2.05) is 19.0 Å². The van der Waals surface area contributed by atoms with Crippen molar-refractivity contribution in [3.63, 3.8) is 0 Å². The number of ether oxygens (including phenoxy) is 2. The number of morpholine rings is 1. The van der Waals surface area contributed by atoms with E-state index >= 15 is 0 Å². The van der Waals surface area contributed by atoms with Gasteiger partial charge in [0.05, 0.1) is 43.3 Å². The normalized spacial score (nSPS) is 27.3. The van der Waals surface area contributed by atoms with Crippen LogP contribution < -0.4 is 0 Å². The number of rotatable bonds is 5. The molecular formula is C16H24N4O3. The summed E-state index contributed by atoms with van der Waals surface area (Å²) in [6, 6.07) is 1.80. The van der Waals surface area contributed by atoms with E-state index in [0.29, 0.717) is 25.3 Å². The molecule has 2 aliphatic rings. The van der Waals surface area contributed by atoms with Crippen molar-refractivity contribution in [3.8, 4) is 0 Å². The SMILES string of the molecule is CN(C)CCO[C@@H]1CC[C@H]2[C@H]1OCCN2C(=O)c1ccnnc1. The van der Waals surface area contributed by atoms with Crippen molar-refractivity contribution in [2.75, 3.05) is 40.4 Å². The van der Waals surface area contributed by atoms with Crippen LogP contribution in [0.1, 0.15) is 23.2 Å². The van der Waals surface area contributed by atoms with Gasteiger partial charge in [-0.05, 0) is 33.0 Å². The first kappa shape index (κ1) is 16.3. The number of carbonyl (C=O) groups is 1. The highest BCUT2D eigenvalue weighted by molar-refractivity contribution is 5.94. The lowest BCUT2D eigenvalue weighted by Gasteiger charge is -2.39. The predicted molar refractivity (Wildman–Crippen MR) is 84.1 cm³/mol. The molecule has 0 N–H and O–H groups in total. The fraction of sp³-hybridized carbons (Fsp3) is 0.688. The van der Waals surface area contributed by atoms with Crippen LogP contribution in [0.25, 0.3) is 0 Å². The van der Waals surface area contributed by atoms with Crippen LogP contribution >= 0.6 is 0 Å². The summed E-state index contributed by atoms with van der Waals surface area (Å²) in [4.78, 5) is 16.7. The molecule has 1 aromatic rings. The van der Waals surface area contributed by atoms with E-state index in [1.54, 1.807) is 12.3 Å². The monoisotopic (exact) mass is 320 g/mol. The minimum absolute atomic E-state index is 0.00661. The van der Waals surface area contributed by atoms with Gasteiger partial charge in [0, 0.05) is 13.1 Å². The highest BCUT2D eigenvalue weighted by Gasteiger charge is 2.45. The number of amides is 1. The van der Waals surface area contributed by atoms with Gasteiger partial charge in [0.2, 0.25) is 0 Å². The van der Waals surface area contributed by atoms with Crippen molar-refractivity contribution in [1.82, 2.24) is 20.0 Å². The molecule has 3 atom stereocenters. The van der Waals surface area contributed by atoms with Crippen LogP contribution in [0.15, 0.2) is 18.5 Å². The number of hydrogen-bond donors (Lipinski definition) is 0. The summed E-state index contributed by atoms with van der Waals surface area (Å²) < 4.78 is 11.9. The number of carbonyl (C=O) groups excluding carboxylic acids is 1. The quantitative estimate of drug-likeness (QED) is 0.784. The molecular weight excluding hydrogens is 296 g/mol. The molecule has 1 aliphatic heterocycles. The second kappa shape index (κ2) is 7.33. The maximum atomic E-state index is 12.7. The van der Waals surface area contributed by atoms with Gasteiger partial charge < -0.3 is 19.3 Å². The minimum Gasteiger partial charge on any atom is -0.374 e. The Morgan fingerprint density at radius 1 is 1.43 bits per heavy atom. The molecule has 2 heterocycles. The smallest absolute Gasteiger partial charge is 0.255 e. The zero-order valence-corrected chi connectivity index (χ0v) is 13.7. The zero-order valence-electron chi connectivity index (χ0n) is 13.7. The zero-order chi connectivity index (χ0) is 16.2. The van der Waals surface area contributed by atoms with Gasteiger partial charge in [-0.25, -0.2) is 0 Å². The Morgan fingerprint density at radius 3 is 3.04 bits per heavy atom. The Hall–Kier alpha value is -1.57. The second-order valence-electron chi connectivity index (χ2n) is 6.32. The first-order chi connectivity index (χ1) is 11.2. The van der Waals surface area contributed by atoms with Gasteiger partial charge in [-0.1, -0.05) is 0 Å². The highest BCUT2D eigenvalue weighted by Crippen LogP contribution is 2.32. The van der Waals surface area contributed by atoms with Gasteiger partial charge in [-0.2, -0.15) is 10.2 Å². The maximum absolute atomic E-state index is 12.7. The Labute approximate surface area is 136 Å². The van der Waals surface area contributed by atoms with Crippen LogP contribution in [0.4, 0.5) is 0 Å². The van der Waals surface area contributed by atoms with Gasteiger partial charge in [0.15, 0.2) is 0 Å². The summed E-state index contributed by atoms with van der Waals surface area (Å²) in [7, 11) is 4.06. The lowest BCUT2D eigenvalue weighted by molar-refractivity contribution is -0.105. The standard InChI is InChI=1S/C16H24N4O3/c1-19(2)7-9-22-14-4-3-13-15(14)23-10-8-20(13)16(21)12-5-6-17-18-11-12/h5-6,11,13-15H,3-4,7-10H2,1-2H3/t13-,14+,15+/m0/s1. The van der Waals surface area contributed by atoms with E-state index in [-0.39, 0.29) is 24.2 Å². The molecule has 1 aliphatic carbocycles. The van der Waals surface area contributed by atoms with Crippen LogP contribution in [-0.4, -0.2) is 84.6 Å². The Bertz CT molecular complexity index is 525. The molecule has 1 saturated heterocycles. The topological polar surface area (TPSA) is 67.8 Å². The van der Waals surface area contributed by atoms with E-state index in [4.69, 9.17) is 9.47 Å². The summed E-state index contributed by atoms with van der Waals surface area (Å²) in [5.74, 6) is 0.00661.